The highest BCUT2D eigenvalue weighted by Crippen LogP contribution is 2.24. The van der Waals surface area contributed by atoms with Gasteiger partial charge in [0.1, 0.15) is 6.17 Å². The van der Waals surface area contributed by atoms with Gasteiger partial charge < -0.3 is 0 Å². The van der Waals surface area contributed by atoms with Crippen molar-refractivity contribution in [2.24, 2.45) is 9.98 Å². The molecule has 0 saturated carbocycles. The summed E-state index contributed by atoms with van der Waals surface area (Å²) in [6.45, 7) is 8.38. The molecule has 0 bridgehead atoms. The first kappa shape index (κ1) is 8.88. The van der Waals surface area contributed by atoms with Crippen LogP contribution in [-0.4, -0.2) is 41.9 Å². The second kappa shape index (κ2) is 2.91. The van der Waals surface area contributed by atoms with E-state index >= 15 is 0 Å². The highest BCUT2D eigenvalue weighted by atomic mass is 15.4. The molecule has 13 heavy (non-hydrogen) atoms. The van der Waals surface area contributed by atoms with Crippen molar-refractivity contribution in [2.45, 2.75) is 38.5 Å². The summed E-state index contributed by atoms with van der Waals surface area (Å²) in [5.74, 6) is 0. The molecule has 2 unspecified atom stereocenters. The average Bonchev–Trinajstić information content (AvgIpc) is 2.45. The van der Waals surface area contributed by atoms with Crippen molar-refractivity contribution in [1.82, 2.24) is 10.2 Å². The van der Waals surface area contributed by atoms with Crippen LogP contribution < -0.4 is 5.32 Å². The van der Waals surface area contributed by atoms with Gasteiger partial charge in [0.25, 0.3) is 0 Å². The first-order valence-electron chi connectivity index (χ1n) is 4.70. The van der Waals surface area contributed by atoms with Gasteiger partial charge in [-0.25, -0.2) is 9.98 Å². The standard InChI is InChI=1S/C9H16N4/c1-9(2,3)13-6-12-8-7(13)4-10-5-11-8/h7-8,12H,4,6H2,1-3H3. The van der Waals surface area contributed by atoms with E-state index in [0.29, 0.717) is 6.04 Å². The Morgan fingerprint density at radius 2 is 2.23 bits per heavy atom. The monoisotopic (exact) mass is 180 g/mol. The molecule has 0 amide bonds. The second-order valence-corrected chi connectivity index (χ2v) is 4.58. The fourth-order valence-electron chi connectivity index (χ4n) is 1.92. The van der Waals surface area contributed by atoms with Crippen LogP contribution in [0.2, 0.25) is 0 Å². The van der Waals surface area contributed by atoms with Gasteiger partial charge in [0.05, 0.1) is 25.3 Å². The van der Waals surface area contributed by atoms with Gasteiger partial charge in [-0.1, -0.05) is 0 Å². The van der Waals surface area contributed by atoms with Crippen LogP contribution >= 0.6 is 0 Å². The van der Waals surface area contributed by atoms with E-state index in [-0.39, 0.29) is 11.7 Å². The van der Waals surface area contributed by atoms with Crippen molar-refractivity contribution in [3.63, 3.8) is 0 Å². The van der Waals surface area contributed by atoms with Crippen molar-refractivity contribution in [3.05, 3.63) is 0 Å². The van der Waals surface area contributed by atoms with Crippen LogP contribution in [-0.2, 0) is 0 Å². The summed E-state index contributed by atoms with van der Waals surface area (Å²) in [6.07, 6.45) is 0.205. The van der Waals surface area contributed by atoms with E-state index in [4.69, 9.17) is 0 Å². The van der Waals surface area contributed by atoms with Crippen molar-refractivity contribution < 1.29 is 0 Å². The minimum absolute atomic E-state index is 0.189. The fourth-order valence-corrected chi connectivity index (χ4v) is 1.92. The van der Waals surface area contributed by atoms with Crippen LogP contribution in [0.4, 0.5) is 0 Å². The minimum Gasteiger partial charge on any atom is -0.281 e. The van der Waals surface area contributed by atoms with E-state index in [1.165, 1.54) is 0 Å². The van der Waals surface area contributed by atoms with E-state index in [1.807, 2.05) is 0 Å². The summed E-state index contributed by atoms with van der Waals surface area (Å²) < 4.78 is 0. The number of hydrogen-bond acceptors (Lipinski definition) is 4. The van der Waals surface area contributed by atoms with Crippen molar-refractivity contribution in [3.8, 4) is 0 Å². The Morgan fingerprint density at radius 1 is 1.46 bits per heavy atom. The number of hydrogen-bond donors (Lipinski definition) is 1. The largest absolute Gasteiger partial charge is 0.281 e. The third-order valence-corrected chi connectivity index (χ3v) is 2.64. The molecule has 1 N–H and O–H groups in total. The van der Waals surface area contributed by atoms with Gasteiger partial charge in [0.15, 0.2) is 0 Å². The molecule has 2 heterocycles. The molecule has 1 fully saturated rings. The second-order valence-electron chi connectivity index (χ2n) is 4.58. The Morgan fingerprint density at radius 3 is 2.92 bits per heavy atom. The lowest BCUT2D eigenvalue weighted by molar-refractivity contribution is 0.119. The molecule has 0 aromatic heterocycles. The van der Waals surface area contributed by atoms with Crippen LogP contribution in [0.5, 0.6) is 0 Å². The van der Waals surface area contributed by atoms with Crippen LogP contribution in [0, 0.1) is 0 Å². The maximum absolute atomic E-state index is 4.19. The molecule has 0 aromatic carbocycles. The zero-order valence-corrected chi connectivity index (χ0v) is 8.41. The maximum atomic E-state index is 4.19. The van der Waals surface area contributed by atoms with Gasteiger partial charge in [-0.2, -0.15) is 0 Å². The number of nitrogens with zero attached hydrogens (tertiary/aromatic N) is 3. The molecule has 1 saturated heterocycles. The molecule has 0 aromatic rings. The first-order valence-corrected chi connectivity index (χ1v) is 4.70. The number of rotatable bonds is 0. The molecule has 4 heteroatoms. The van der Waals surface area contributed by atoms with Crippen molar-refractivity contribution in [2.75, 3.05) is 13.2 Å². The van der Waals surface area contributed by atoms with E-state index in [0.717, 1.165) is 13.2 Å². The number of fused-ring (bicyclic) bond motifs is 1. The predicted octanol–water partition coefficient (Wildman–Crippen LogP) is 0.530. The molecule has 72 valence electrons. The van der Waals surface area contributed by atoms with E-state index < -0.39 is 0 Å². The quantitative estimate of drug-likeness (QED) is 0.590. The van der Waals surface area contributed by atoms with Gasteiger partial charge in [-0.3, -0.25) is 10.2 Å². The Kier molecular flexibility index (Phi) is 1.99. The highest BCUT2D eigenvalue weighted by molar-refractivity contribution is 5.43. The van der Waals surface area contributed by atoms with E-state index in [2.05, 4.69) is 47.0 Å². The lowest BCUT2D eigenvalue weighted by atomic mass is 10.0. The van der Waals surface area contributed by atoms with Crippen LogP contribution in [0.1, 0.15) is 20.8 Å². The van der Waals surface area contributed by atoms with Crippen LogP contribution in [0.25, 0.3) is 0 Å². The van der Waals surface area contributed by atoms with Crippen LogP contribution in [0.3, 0.4) is 0 Å². The predicted molar refractivity (Wildman–Crippen MR) is 51.9 cm³/mol. The van der Waals surface area contributed by atoms with Crippen LogP contribution in [0.15, 0.2) is 9.98 Å². The molecule has 0 aliphatic carbocycles. The zero-order valence-electron chi connectivity index (χ0n) is 8.41. The van der Waals surface area contributed by atoms with Crippen molar-refractivity contribution >= 4 is 6.01 Å². The molecule has 2 aliphatic heterocycles. The Labute approximate surface area is 78.7 Å². The third-order valence-electron chi connectivity index (χ3n) is 2.64. The minimum atomic E-state index is 0.189. The summed E-state index contributed by atoms with van der Waals surface area (Å²) in [6, 6.07) is 3.11. The number of aliphatic imine (C=N–C) groups is 2. The molecule has 2 aliphatic rings. The smallest absolute Gasteiger partial charge is 0.129 e. The molecule has 0 spiro atoms. The van der Waals surface area contributed by atoms with Gasteiger partial charge in [-0.05, 0) is 20.8 Å². The van der Waals surface area contributed by atoms with Crippen molar-refractivity contribution in [1.29, 1.82) is 0 Å². The molecule has 4 nitrogen and oxygen atoms in total. The van der Waals surface area contributed by atoms with Gasteiger partial charge >= 0.3 is 0 Å². The molecule has 2 atom stereocenters. The number of nitrogens with one attached hydrogen (secondary N) is 1. The topological polar surface area (TPSA) is 40.0 Å². The third kappa shape index (κ3) is 1.53. The lowest BCUT2D eigenvalue weighted by Crippen LogP contribution is -2.48. The Bertz CT molecular complexity index is 259. The first-order chi connectivity index (χ1) is 6.09. The normalized spacial score (nSPS) is 33.8. The summed E-state index contributed by atoms with van der Waals surface area (Å²) in [5, 5.41) is 3.35. The average molecular weight is 180 g/mol. The molecular weight excluding hydrogens is 164 g/mol. The Balaban J connectivity index is 2.16. The SMILES string of the molecule is CC(C)(C)N1CNC2N=C=NCC21. The summed E-state index contributed by atoms with van der Waals surface area (Å²) in [7, 11) is 0. The van der Waals surface area contributed by atoms with Gasteiger partial charge in [-0.15, -0.1) is 0 Å². The molecule has 2 rings (SSSR count). The van der Waals surface area contributed by atoms with E-state index in [9.17, 15) is 0 Å². The fraction of sp³-hybridized carbons (Fsp3) is 0.889. The van der Waals surface area contributed by atoms with Gasteiger partial charge in [0, 0.05) is 5.54 Å². The lowest BCUT2D eigenvalue weighted by Gasteiger charge is -2.36. The summed E-state index contributed by atoms with van der Waals surface area (Å²) >= 11 is 0. The van der Waals surface area contributed by atoms with Gasteiger partial charge in [0.2, 0.25) is 0 Å². The van der Waals surface area contributed by atoms with E-state index in [1.54, 1.807) is 0 Å². The molecular formula is C9H16N4. The summed E-state index contributed by atoms with van der Waals surface area (Å²) in [4.78, 5) is 10.7. The molecule has 0 radical (unpaired) electrons. The maximum Gasteiger partial charge on any atom is 0.129 e. The zero-order chi connectivity index (χ0) is 9.47. The summed E-state index contributed by atoms with van der Waals surface area (Å²) in [5.41, 5.74) is 0.189. The Hall–Kier alpha value is -0.700. The highest BCUT2D eigenvalue weighted by Gasteiger charge is 2.39.